The molecule has 0 radical (unpaired) electrons. The Kier molecular flexibility index (Phi) is 13.1. The maximum atomic E-state index is 6.61. The third-order valence-electron chi connectivity index (χ3n) is 6.01. The second-order valence-electron chi connectivity index (χ2n) is 8.11. The average molecular weight is 446 g/mol. The average Bonchev–Trinajstić information content (AvgIpc) is 2.64. The fourth-order valence-corrected chi connectivity index (χ4v) is 18.4. The van der Waals surface area contributed by atoms with E-state index in [1.165, 1.54) is 75.3 Å². The van der Waals surface area contributed by atoms with Crippen LogP contribution in [0.3, 0.4) is 0 Å². The van der Waals surface area contributed by atoms with Gasteiger partial charge in [-0.25, -0.2) is 0 Å². The summed E-state index contributed by atoms with van der Waals surface area (Å²) < 4.78 is 5.85. The number of hydrogen-bond acceptors (Lipinski definition) is 2. The number of rotatable bonds is 14. The molecule has 2 nitrogen and oxygen atoms in total. The van der Waals surface area contributed by atoms with Gasteiger partial charge < -0.3 is 0 Å². The molecule has 0 aromatic carbocycles. The topological polar surface area (TPSA) is 12.5 Å². The van der Waals surface area contributed by atoms with Gasteiger partial charge in [-0.1, -0.05) is 0 Å². The molecular weight excluding hydrogens is 401 g/mol. The van der Waals surface area contributed by atoms with Gasteiger partial charge in [-0.15, -0.1) is 0 Å². The van der Waals surface area contributed by atoms with Crippen LogP contribution in [0.15, 0.2) is 0 Å². The van der Waals surface area contributed by atoms with E-state index in [0.29, 0.717) is 6.04 Å². The fraction of sp³-hybridized carbons (Fsp3) is 1.00. The summed E-state index contributed by atoms with van der Waals surface area (Å²) >= 11 is -2.13. The standard InChI is InChI=1S/C9H18NO.3C4H9.Sn/c1-3-10(11-2)9-7-5-4-6-8-9;3*1-3-4-2;/h9H,2-8H2,1H3;3*1,3-4H2,2H3;. The van der Waals surface area contributed by atoms with Gasteiger partial charge in [-0.3, -0.25) is 0 Å². The molecule has 1 saturated carbocycles. The van der Waals surface area contributed by atoms with Crippen molar-refractivity contribution in [1.29, 1.82) is 0 Å². The van der Waals surface area contributed by atoms with Crippen LogP contribution in [0.2, 0.25) is 13.3 Å². The number of hydroxylamine groups is 2. The summed E-state index contributed by atoms with van der Waals surface area (Å²) in [4.78, 5) is 6.61. The second-order valence-corrected chi connectivity index (χ2v) is 21.8. The van der Waals surface area contributed by atoms with Gasteiger partial charge in [0.25, 0.3) is 0 Å². The zero-order valence-electron chi connectivity index (χ0n) is 17.2. The summed E-state index contributed by atoms with van der Waals surface area (Å²) in [7, 11) is 0. The second kappa shape index (κ2) is 13.9. The van der Waals surface area contributed by atoms with Crippen molar-refractivity contribution >= 4 is 18.4 Å². The van der Waals surface area contributed by atoms with Crippen LogP contribution in [0.5, 0.6) is 0 Å². The van der Waals surface area contributed by atoms with E-state index in [-0.39, 0.29) is 0 Å². The predicted octanol–water partition coefficient (Wildman–Crippen LogP) is 6.96. The molecule has 1 rings (SSSR count). The Bertz CT molecular complexity index is 270. The minimum absolute atomic E-state index is 0.705. The Labute approximate surface area is 156 Å². The Morgan fingerprint density at radius 3 is 1.71 bits per heavy atom. The van der Waals surface area contributed by atoms with E-state index in [2.05, 4.69) is 32.8 Å². The van der Waals surface area contributed by atoms with Crippen molar-refractivity contribution in [3.05, 3.63) is 0 Å². The van der Waals surface area contributed by atoms with Crippen LogP contribution in [0, 0.1) is 0 Å². The molecule has 0 aromatic heterocycles. The molecule has 0 aliphatic heterocycles. The van der Waals surface area contributed by atoms with Crippen LogP contribution in [-0.4, -0.2) is 40.6 Å². The minimum atomic E-state index is -2.13. The predicted molar refractivity (Wildman–Crippen MR) is 110 cm³/mol. The van der Waals surface area contributed by atoms with Crippen molar-refractivity contribution in [2.24, 2.45) is 0 Å². The van der Waals surface area contributed by atoms with Gasteiger partial charge in [-0.2, -0.15) is 0 Å². The molecule has 0 N–H and O–H groups in total. The molecule has 0 heterocycles. The fourth-order valence-electron chi connectivity index (χ4n) is 4.29. The number of hydrogen-bond donors (Lipinski definition) is 0. The maximum absolute atomic E-state index is 6.61. The van der Waals surface area contributed by atoms with Crippen molar-refractivity contribution in [3.63, 3.8) is 0 Å². The van der Waals surface area contributed by atoms with Crippen molar-refractivity contribution in [2.45, 2.75) is 118 Å². The normalized spacial score (nSPS) is 16.9. The molecule has 24 heavy (non-hydrogen) atoms. The van der Waals surface area contributed by atoms with E-state index in [1.54, 1.807) is 13.3 Å². The molecular formula is C21H45NOSn. The van der Waals surface area contributed by atoms with Crippen LogP contribution in [0.1, 0.15) is 98.3 Å². The first-order valence-electron chi connectivity index (χ1n) is 11.1. The summed E-state index contributed by atoms with van der Waals surface area (Å²) in [5.74, 6) is 0. The van der Waals surface area contributed by atoms with Crippen molar-refractivity contribution < 1.29 is 4.84 Å². The van der Waals surface area contributed by atoms with E-state index in [1.807, 2.05) is 0 Å². The Balaban J connectivity index is 2.67. The summed E-state index contributed by atoms with van der Waals surface area (Å²) in [6.07, 6.45) is 15.4. The van der Waals surface area contributed by atoms with E-state index in [0.717, 1.165) is 6.54 Å². The molecule has 1 fully saturated rings. The summed E-state index contributed by atoms with van der Waals surface area (Å²) in [6.45, 7) is 10.4. The zero-order valence-corrected chi connectivity index (χ0v) is 20.1. The molecule has 144 valence electrons. The SMILES string of the molecule is CCC[CH2][Sn]([CH2]CCC)([CH2]CCC)[CH2]ON(CC)C1CCCCC1. The van der Waals surface area contributed by atoms with Gasteiger partial charge in [0.1, 0.15) is 0 Å². The monoisotopic (exact) mass is 447 g/mol. The third-order valence-corrected chi connectivity index (χ3v) is 20.2. The molecule has 0 unspecified atom stereocenters. The quantitative estimate of drug-likeness (QED) is 0.211. The van der Waals surface area contributed by atoms with Crippen LogP contribution in [-0.2, 0) is 4.84 Å². The van der Waals surface area contributed by atoms with Crippen molar-refractivity contribution in [1.82, 2.24) is 5.06 Å². The molecule has 0 spiro atoms. The van der Waals surface area contributed by atoms with Gasteiger partial charge in [0, 0.05) is 0 Å². The third kappa shape index (κ3) is 8.40. The van der Waals surface area contributed by atoms with Crippen LogP contribution >= 0.6 is 0 Å². The molecule has 1 aliphatic carbocycles. The Morgan fingerprint density at radius 1 is 0.792 bits per heavy atom. The van der Waals surface area contributed by atoms with Crippen LogP contribution in [0.4, 0.5) is 0 Å². The summed E-state index contributed by atoms with van der Waals surface area (Å²) in [6, 6.07) is 0.705. The van der Waals surface area contributed by atoms with E-state index in [9.17, 15) is 0 Å². The molecule has 0 atom stereocenters. The van der Waals surface area contributed by atoms with Gasteiger partial charge in [0.15, 0.2) is 0 Å². The van der Waals surface area contributed by atoms with Crippen LogP contribution in [0.25, 0.3) is 0 Å². The van der Waals surface area contributed by atoms with Gasteiger partial charge in [0.05, 0.1) is 0 Å². The number of unbranched alkanes of at least 4 members (excludes halogenated alkanes) is 3. The van der Waals surface area contributed by atoms with Crippen molar-refractivity contribution in [2.75, 3.05) is 11.2 Å². The molecule has 1 aliphatic rings. The summed E-state index contributed by atoms with van der Waals surface area (Å²) in [5, 5.41) is 2.40. The zero-order chi connectivity index (χ0) is 17.7. The van der Waals surface area contributed by atoms with Gasteiger partial charge in [0.2, 0.25) is 0 Å². The Hall–Kier alpha value is 0.719. The molecule has 0 amide bonds. The first-order valence-corrected chi connectivity index (χ1v) is 19.2. The molecule has 3 heteroatoms. The van der Waals surface area contributed by atoms with Crippen molar-refractivity contribution in [3.8, 4) is 0 Å². The van der Waals surface area contributed by atoms with Crippen LogP contribution < -0.4 is 0 Å². The molecule has 0 bridgehead atoms. The first kappa shape index (κ1) is 22.8. The van der Waals surface area contributed by atoms with Gasteiger partial charge >= 0.3 is 157 Å². The Morgan fingerprint density at radius 2 is 1.29 bits per heavy atom. The number of nitrogens with zero attached hydrogens (tertiary/aromatic N) is 1. The van der Waals surface area contributed by atoms with E-state index in [4.69, 9.17) is 4.84 Å². The molecule has 0 aromatic rings. The summed E-state index contributed by atoms with van der Waals surface area (Å²) in [5.41, 5.74) is 0. The van der Waals surface area contributed by atoms with E-state index < -0.39 is 18.4 Å². The van der Waals surface area contributed by atoms with Gasteiger partial charge in [-0.05, 0) is 0 Å². The first-order chi connectivity index (χ1) is 11.7. The molecule has 0 saturated heterocycles. The van der Waals surface area contributed by atoms with E-state index >= 15 is 0 Å².